The molecule has 0 spiro atoms. The summed E-state index contributed by atoms with van der Waals surface area (Å²) in [6.45, 7) is 2.71. The molecule has 106 valence electrons. The van der Waals surface area contributed by atoms with Gasteiger partial charge in [-0.25, -0.2) is 0 Å². The molecule has 1 aliphatic carbocycles. The molecule has 0 radical (unpaired) electrons. The number of nitrogens with one attached hydrogen (secondary N) is 1. The third kappa shape index (κ3) is 2.38. The van der Waals surface area contributed by atoms with Crippen LogP contribution in [-0.2, 0) is 12.0 Å². The average molecular weight is 273 g/mol. The van der Waals surface area contributed by atoms with E-state index >= 15 is 0 Å². The fourth-order valence-electron chi connectivity index (χ4n) is 2.90. The third-order valence-electron chi connectivity index (χ3n) is 4.38. The number of halogens is 3. The van der Waals surface area contributed by atoms with Gasteiger partial charge in [-0.1, -0.05) is 0 Å². The van der Waals surface area contributed by atoms with Gasteiger partial charge in [0.05, 0.1) is 11.6 Å². The minimum Gasteiger partial charge on any atom is -0.317 e. The fraction of sp³-hybridized carbons (Fsp3) is 0.769. The Morgan fingerprint density at radius 3 is 2.58 bits per heavy atom. The van der Waals surface area contributed by atoms with Gasteiger partial charge in [0.1, 0.15) is 0 Å². The highest BCUT2D eigenvalue weighted by atomic mass is 19.4. The zero-order valence-electron chi connectivity index (χ0n) is 10.7. The number of aromatic nitrogens is 2. The Hall–Kier alpha value is -1.04. The predicted octanol–water partition coefficient (Wildman–Crippen LogP) is 2.48. The highest BCUT2D eigenvalue weighted by Gasteiger charge is 2.64. The number of piperidine rings is 1. The standard InChI is InChI=1S/C13H18F3N3/c14-13(15,16)12(3-4-12)11-7-18-19(9-11)8-10-1-5-17-6-2-10/h7,9-10,17H,1-6,8H2. The first-order chi connectivity index (χ1) is 9.01. The van der Waals surface area contributed by atoms with Crippen molar-refractivity contribution in [3.05, 3.63) is 18.0 Å². The van der Waals surface area contributed by atoms with Gasteiger partial charge in [0, 0.05) is 18.3 Å². The van der Waals surface area contributed by atoms with Crippen molar-refractivity contribution in [3.8, 4) is 0 Å². The Labute approximate surface area is 110 Å². The average Bonchev–Trinajstić information content (AvgIpc) is 3.07. The number of rotatable bonds is 3. The lowest BCUT2D eigenvalue weighted by Crippen LogP contribution is -2.30. The molecule has 1 N–H and O–H groups in total. The number of hydrogen-bond acceptors (Lipinski definition) is 2. The van der Waals surface area contributed by atoms with E-state index in [9.17, 15) is 13.2 Å². The molecule has 0 amide bonds. The maximum atomic E-state index is 13.0. The van der Waals surface area contributed by atoms with Crippen LogP contribution in [0, 0.1) is 5.92 Å². The third-order valence-corrected chi connectivity index (χ3v) is 4.38. The van der Waals surface area contributed by atoms with Crippen molar-refractivity contribution in [1.82, 2.24) is 15.1 Å². The van der Waals surface area contributed by atoms with Crippen LogP contribution >= 0.6 is 0 Å². The summed E-state index contributed by atoms with van der Waals surface area (Å²) in [5, 5.41) is 7.41. The van der Waals surface area contributed by atoms with E-state index in [-0.39, 0.29) is 12.8 Å². The van der Waals surface area contributed by atoms with Crippen LogP contribution in [0.1, 0.15) is 31.2 Å². The normalized spacial score (nSPS) is 23.5. The first-order valence-electron chi connectivity index (χ1n) is 6.82. The zero-order valence-corrected chi connectivity index (χ0v) is 10.7. The summed E-state index contributed by atoms with van der Waals surface area (Å²) in [7, 11) is 0. The van der Waals surface area contributed by atoms with Crippen molar-refractivity contribution >= 4 is 0 Å². The van der Waals surface area contributed by atoms with Crippen LogP contribution in [-0.4, -0.2) is 29.0 Å². The summed E-state index contributed by atoms with van der Waals surface area (Å²) in [5.74, 6) is 0.523. The highest BCUT2D eigenvalue weighted by molar-refractivity contribution is 5.29. The second-order valence-corrected chi connectivity index (χ2v) is 5.72. The van der Waals surface area contributed by atoms with Crippen LogP contribution in [0.4, 0.5) is 13.2 Å². The zero-order chi connectivity index (χ0) is 13.5. The van der Waals surface area contributed by atoms with Gasteiger partial charge in [-0.3, -0.25) is 4.68 Å². The van der Waals surface area contributed by atoms with Crippen LogP contribution in [0.25, 0.3) is 0 Å². The molecule has 0 bridgehead atoms. The van der Waals surface area contributed by atoms with Gasteiger partial charge in [-0.15, -0.1) is 0 Å². The van der Waals surface area contributed by atoms with Gasteiger partial charge in [-0.2, -0.15) is 18.3 Å². The quantitative estimate of drug-likeness (QED) is 0.917. The van der Waals surface area contributed by atoms with E-state index in [0.29, 0.717) is 11.5 Å². The molecule has 1 saturated carbocycles. The van der Waals surface area contributed by atoms with E-state index in [4.69, 9.17) is 0 Å². The van der Waals surface area contributed by atoms with E-state index < -0.39 is 11.6 Å². The predicted molar refractivity (Wildman–Crippen MR) is 64.8 cm³/mol. The van der Waals surface area contributed by atoms with Crippen molar-refractivity contribution in [2.24, 2.45) is 5.92 Å². The first kappa shape index (κ1) is 13.0. The van der Waals surface area contributed by atoms with Crippen LogP contribution in [0.5, 0.6) is 0 Å². The number of nitrogens with zero attached hydrogens (tertiary/aromatic N) is 2. The van der Waals surface area contributed by atoms with Gasteiger partial charge in [0.2, 0.25) is 0 Å². The monoisotopic (exact) mass is 273 g/mol. The molecule has 2 fully saturated rings. The topological polar surface area (TPSA) is 29.9 Å². The molecular formula is C13H18F3N3. The Bertz CT molecular complexity index is 442. The summed E-state index contributed by atoms with van der Waals surface area (Å²) < 4.78 is 40.7. The van der Waals surface area contributed by atoms with E-state index in [1.54, 1.807) is 10.9 Å². The van der Waals surface area contributed by atoms with E-state index in [1.165, 1.54) is 6.20 Å². The molecule has 19 heavy (non-hydrogen) atoms. The molecule has 1 saturated heterocycles. The van der Waals surface area contributed by atoms with Crippen molar-refractivity contribution in [2.45, 2.75) is 43.8 Å². The van der Waals surface area contributed by atoms with Crippen LogP contribution in [0.3, 0.4) is 0 Å². The number of hydrogen-bond donors (Lipinski definition) is 1. The van der Waals surface area contributed by atoms with Gasteiger partial charge in [0.15, 0.2) is 0 Å². The maximum Gasteiger partial charge on any atom is 0.398 e. The van der Waals surface area contributed by atoms with E-state index in [1.807, 2.05) is 0 Å². The van der Waals surface area contributed by atoms with Gasteiger partial charge in [0.25, 0.3) is 0 Å². The number of alkyl halides is 3. The molecule has 3 nitrogen and oxygen atoms in total. The van der Waals surface area contributed by atoms with Crippen LogP contribution in [0.15, 0.2) is 12.4 Å². The summed E-state index contributed by atoms with van der Waals surface area (Å²) in [4.78, 5) is 0. The Balaban J connectivity index is 1.70. The molecule has 0 unspecified atom stereocenters. The van der Waals surface area contributed by atoms with Crippen molar-refractivity contribution < 1.29 is 13.2 Å². The summed E-state index contributed by atoms with van der Waals surface area (Å²) in [6.07, 6.45) is 1.41. The molecule has 6 heteroatoms. The van der Waals surface area contributed by atoms with Gasteiger partial charge in [-0.05, 0) is 44.7 Å². The molecule has 1 aromatic heterocycles. The molecule has 0 aromatic carbocycles. The Kier molecular flexibility index (Phi) is 3.08. The lowest BCUT2D eigenvalue weighted by Gasteiger charge is -2.22. The van der Waals surface area contributed by atoms with Crippen molar-refractivity contribution in [1.29, 1.82) is 0 Å². The second-order valence-electron chi connectivity index (χ2n) is 5.72. The van der Waals surface area contributed by atoms with E-state index in [0.717, 1.165) is 32.5 Å². The van der Waals surface area contributed by atoms with Gasteiger partial charge >= 0.3 is 6.18 Å². The highest BCUT2D eigenvalue weighted by Crippen LogP contribution is 2.58. The van der Waals surface area contributed by atoms with Crippen molar-refractivity contribution in [3.63, 3.8) is 0 Å². The van der Waals surface area contributed by atoms with Crippen LogP contribution < -0.4 is 5.32 Å². The summed E-state index contributed by atoms with van der Waals surface area (Å²) in [5.41, 5.74) is -1.26. The molecule has 2 aliphatic rings. The first-order valence-corrected chi connectivity index (χ1v) is 6.82. The van der Waals surface area contributed by atoms with E-state index in [2.05, 4.69) is 10.4 Å². The molecular weight excluding hydrogens is 255 g/mol. The Morgan fingerprint density at radius 1 is 1.32 bits per heavy atom. The Morgan fingerprint density at radius 2 is 2.00 bits per heavy atom. The largest absolute Gasteiger partial charge is 0.398 e. The fourth-order valence-corrected chi connectivity index (χ4v) is 2.90. The summed E-state index contributed by atoms with van der Waals surface area (Å²) >= 11 is 0. The minimum absolute atomic E-state index is 0.204. The lowest BCUT2D eigenvalue weighted by molar-refractivity contribution is -0.160. The van der Waals surface area contributed by atoms with Crippen LogP contribution in [0.2, 0.25) is 0 Å². The molecule has 2 heterocycles. The molecule has 0 atom stereocenters. The summed E-state index contributed by atoms with van der Waals surface area (Å²) in [6, 6.07) is 0. The smallest absolute Gasteiger partial charge is 0.317 e. The molecule has 3 rings (SSSR count). The lowest BCUT2D eigenvalue weighted by atomic mass is 9.98. The molecule has 1 aliphatic heterocycles. The minimum atomic E-state index is -4.14. The molecule has 1 aromatic rings. The van der Waals surface area contributed by atoms with Crippen molar-refractivity contribution in [2.75, 3.05) is 13.1 Å². The SMILES string of the molecule is FC(F)(F)C1(c2cnn(CC3CCNCC3)c2)CC1. The van der Waals surface area contributed by atoms with Gasteiger partial charge < -0.3 is 5.32 Å². The maximum absolute atomic E-state index is 13.0. The second kappa shape index (κ2) is 4.51.